The Hall–Kier alpha value is -2.48. The molecule has 1 spiro atoms. The molecule has 2 aromatic rings. The number of anilines is 1. The van der Waals surface area contributed by atoms with Crippen molar-refractivity contribution in [3.05, 3.63) is 51.7 Å². The number of benzene rings is 1. The highest BCUT2D eigenvalue weighted by Crippen LogP contribution is 2.32. The van der Waals surface area contributed by atoms with Crippen molar-refractivity contribution >= 4 is 28.8 Å². The van der Waals surface area contributed by atoms with Gasteiger partial charge in [-0.05, 0) is 17.5 Å². The maximum Gasteiger partial charge on any atom is 0.255 e. The van der Waals surface area contributed by atoms with Crippen molar-refractivity contribution in [2.24, 2.45) is 0 Å². The Balaban J connectivity index is 1.46. The summed E-state index contributed by atoms with van der Waals surface area (Å²) < 4.78 is 26.9. The predicted octanol–water partition coefficient (Wildman–Crippen LogP) is 2.74. The van der Waals surface area contributed by atoms with Gasteiger partial charge in [-0.15, -0.1) is 11.3 Å². The standard InChI is InChI=1S/C18H17F2N3O2S/c19-13-9-12-15(10-14(13)20)21-18(22-17(12)25)3-5-23(6-4-18)16(24)8-11-2-1-7-26-11/h1-2,7,9-10,21H,3-6,8H2,(H,22,25). The number of carbonyl (C=O) groups is 2. The summed E-state index contributed by atoms with van der Waals surface area (Å²) in [4.78, 5) is 27.5. The summed E-state index contributed by atoms with van der Waals surface area (Å²) in [6.45, 7) is 0.965. The van der Waals surface area contributed by atoms with Crippen molar-refractivity contribution in [1.29, 1.82) is 0 Å². The van der Waals surface area contributed by atoms with Gasteiger partial charge >= 0.3 is 0 Å². The lowest BCUT2D eigenvalue weighted by Crippen LogP contribution is -2.62. The van der Waals surface area contributed by atoms with Crippen LogP contribution in [-0.2, 0) is 11.2 Å². The normalized spacial score (nSPS) is 18.2. The molecule has 0 saturated carbocycles. The minimum absolute atomic E-state index is 0.0537. The number of nitrogens with one attached hydrogen (secondary N) is 2. The molecule has 0 unspecified atom stereocenters. The lowest BCUT2D eigenvalue weighted by atomic mass is 9.92. The van der Waals surface area contributed by atoms with Crippen LogP contribution in [0.15, 0.2) is 29.6 Å². The summed E-state index contributed by atoms with van der Waals surface area (Å²) in [6.07, 6.45) is 1.36. The number of piperidine rings is 1. The quantitative estimate of drug-likeness (QED) is 0.846. The second kappa shape index (κ2) is 6.35. The van der Waals surface area contributed by atoms with Crippen LogP contribution in [0.3, 0.4) is 0 Å². The van der Waals surface area contributed by atoms with E-state index in [0.717, 1.165) is 17.0 Å². The topological polar surface area (TPSA) is 61.4 Å². The molecule has 8 heteroatoms. The Kier molecular flexibility index (Phi) is 4.14. The van der Waals surface area contributed by atoms with Gasteiger partial charge in [0, 0.05) is 36.9 Å². The number of amides is 2. The third-order valence-electron chi connectivity index (χ3n) is 4.91. The number of fused-ring (bicyclic) bond motifs is 1. The van der Waals surface area contributed by atoms with E-state index in [-0.39, 0.29) is 17.2 Å². The first kappa shape index (κ1) is 17.0. The first-order chi connectivity index (χ1) is 12.5. The third kappa shape index (κ3) is 3.05. The maximum absolute atomic E-state index is 13.5. The predicted molar refractivity (Wildman–Crippen MR) is 94.0 cm³/mol. The van der Waals surface area contributed by atoms with Crippen LogP contribution in [0, 0.1) is 11.6 Å². The van der Waals surface area contributed by atoms with Crippen molar-refractivity contribution in [3.63, 3.8) is 0 Å². The van der Waals surface area contributed by atoms with E-state index in [1.54, 1.807) is 16.2 Å². The Morgan fingerprint density at radius 1 is 1.19 bits per heavy atom. The van der Waals surface area contributed by atoms with Gasteiger partial charge in [0.1, 0.15) is 5.66 Å². The zero-order chi connectivity index (χ0) is 18.3. The molecule has 1 saturated heterocycles. The van der Waals surface area contributed by atoms with Crippen LogP contribution in [0.5, 0.6) is 0 Å². The van der Waals surface area contributed by atoms with Crippen LogP contribution >= 0.6 is 11.3 Å². The minimum Gasteiger partial charge on any atom is -0.362 e. The van der Waals surface area contributed by atoms with E-state index >= 15 is 0 Å². The van der Waals surface area contributed by atoms with Gasteiger partial charge in [0.2, 0.25) is 5.91 Å². The number of likely N-dealkylation sites (tertiary alicyclic amines) is 1. The molecule has 2 N–H and O–H groups in total. The second-order valence-corrected chi connectivity index (χ2v) is 7.64. The monoisotopic (exact) mass is 377 g/mol. The van der Waals surface area contributed by atoms with Crippen LogP contribution in [0.4, 0.5) is 14.5 Å². The van der Waals surface area contributed by atoms with Crippen molar-refractivity contribution in [2.45, 2.75) is 24.9 Å². The molecular formula is C18H17F2N3O2S. The fraction of sp³-hybridized carbons (Fsp3) is 0.333. The third-order valence-corrected chi connectivity index (χ3v) is 5.78. The summed E-state index contributed by atoms with van der Waals surface area (Å²) in [6, 6.07) is 5.76. The number of thiophene rings is 1. The highest BCUT2D eigenvalue weighted by atomic mass is 32.1. The maximum atomic E-state index is 13.5. The average Bonchev–Trinajstić information content (AvgIpc) is 3.10. The van der Waals surface area contributed by atoms with E-state index in [1.807, 2.05) is 17.5 Å². The number of rotatable bonds is 2. The number of halogens is 2. The molecule has 1 aromatic carbocycles. The summed E-state index contributed by atoms with van der Waals surface area (Å²) >= 11 is 1.55. The fourth-order valence-corrected chi connectivity index (χ4v) is 4.17. The molecule has 2 aliphatic heterocycles. The van der Waals surface area contributed by atoms with E-state index < -0.39 is 23.2 Å². The zero-order valence-corrected chi connectivity index (χ0v) is 14.7. The average molecular weight is 377 g/mol. The molecule has 3 heterocycles. The van der Waals surface area contributed by atoms with Crippen molar-refractivity contribution in [3.8, 4) is 0 Å². The van der Waals surface area contributed by atoms with Crippen molar-refractivity contribution in [2.75, 3.05) is 18.4 Å². The summed E-state index contributed by atoms with van der Waals surface area (Å²) in [5.41, 5.74) is -0.370. The summed E-state index contributed by atoms with van der Waals surface area (Å²) in [5, 5.41) is 7.95. The minimum atomic E-state index is -1.05. The largest absolute Gasteiger partial charge is 0.362 e. The lowest BCUT2D eigenvalue weighted by molar-refractivity contribution is -0.131. The molecule has 1 aromatic heterocycles. The zero-order valence-electron chi connectivity index (χ0n) is 13.9. The van der Waals surface area contributed by atoms with E-state index in [2.05, 4.69) is 10.6 Å². The highest BCUT2D eigenvalue weighted by molar-refractivity contribution is 7.10. The Morgan fingerprint density at radius 2 is 1.92 bits per heavy atom. The SMILES string of the molecule is O=C1NC2(CCN(C(=O)Cc3cccs3)CC2)Nc2cc(F)c(F)cc21. The molecule has 26 heavy (non-hydrogen) atoms. The number of hydrogen-bond donors (Lipinski definition) is 2. The van der Waals surface area contributed by atoms with E-state index in [0.29, 0.717) is 32.4 Å². The first-order valence-electron chi connectivity index (χ1n) is 8.36. The molecule has 2 amide bonds. The van der Waals surface area contributed by atoms with Gasteiger partial charge in [0.25, 0.3) is 5.91 Å². The number of nitrogens with zero attached hydrogens (tertiary/aromatic N) is 1. The van der Waals surface area contributed by atoms with Crippen LogP contribution in [0.2, 0.25) is 0 Å². The smallest absolute Gasteiger partial charge is 0.255 e. The Bertz CT molecular complexity index is 862. The van der Waals surface area contributed by atoms with Gasteiger partial charge < -0.3 is 15.5 Å². The fourth-order valence-electron chi connectivity index (χ4n) is 3.47. The van der Waals surface area contributed by atoms with Crippen LogP contribution < -0.4 is 10.6 Å². The second-order valence-electron chi connectivity index (χ2n) is 6.61. The van der Waals surface area contributed by atoms with Gasteiger partial charge in [-0.3, -0.25) is 9.59 Å². The Morgan fingerprint density at radius 3 is 2.62 bits per heavy atom. The van der Waals surface area contributed by atoms with Gasteiger partial charge in [-0.1, -0.05) is 6.07 Å². The number of carbonyl (C=O) groups excluding carboxylic acids is 2. The molecule has 1 fully saturated rings. The summed E-state index contributed by atoms with van der Waals surface area (Å²) in [5.74, 6) is -2.43. The molecular weight excluding hydrogens is 360 g/mol. The van der Waals surface area contributed by atoms with Gasteiger partial charge in [0.05, 0.1) is 17.7 Å². The molecule has 136 valence electrons. The molecule has 4 rings (SSSR count). The van der Waals surface area contributed by atoms with Gasteiger partial charge in [-0.2, -0.15) is 0 Å². The molecule has 2 aliphatic rings. The highest BCUT2D eigenvalue weighted by Gasteiger charge is 2.41. The lowest BCUT2D eigenvalue weighted by Gasteiger charge is -2.45. The van der Waals surface area contributed by atoms with Crippen molar-refractivity contribution in [1.82, 2.24) is 10.2 Å². The molecule has 0 bridgehead atoms. The molecule has 0 aliphatic carbocycles. The van der Waals surface area contributed by atoms with E-state index in [1.165, 1.54) is 0 Å². The van der Waals surface area contributed by atoms with Gasteiger partial charge in [0.15, 0.2) is 11.6 Å². The first-order valence-corrected chi connectivity index (χ1v) is 9.24. The van der Waals surface area contributed by atoms with Crippen LogP contribution in [0.25, 0.3) is 0 Å². The van der Waals surface area contributed by atoms with E-state index in [4.69, 9.17) is 0 Å². The van der Waals surface area contributed by atoms with Crippen molar-refractivity contribution < 1.29 is 18.4 Å². The van der Waals surface area contributed by atoms with Crippen LogP contribution in [-0.4, -0.2) is 35.5 Å². The van der Waals surface area contributed by atoms with E-state index in [9.17, 15) is 18.4 Å². The van der Waals surface area contributed by atoms with Crippen LogP contribution in [0.1, 0.15) is 28.1 Å². The molecule has 0 radical (unpaired) electrons. The number of hydrogen-bond acceptors (Lipinski definition) is 4. The molecule has 0 atom stereocenters. The summed E-state index contributed by atoms with van der Waals surface area (Å²) in [7, 11) is 0. The molecule has 5 nitrogen and oxygen atoms in total. The van der Waals surface area contributed by atoms with Gasteiger partial charge in [-0.25, -0.2) is 8.78 Å². The Labute approximate surface area is 153 Å².